The molecule has 13 heavy (non-hydrogen) atoms. The van der Waals surface area contributed by atoms with E-state index in [2.05, 4.69) is 12.2 Å². The summed E-state index contributed by atoms with van der Waals surface area (Å²) in [5, 5.41) is 3.20. The summed E-state index contributed by atoms with van der Waals surface area (Å²) in [6.07, 6.45) is 2.56. The first kappa shape index (κ1) is 11.0. The SMILES string of the molecule is CCS(=O)(=O)CCNCC1(C)CC1. The van der Waals surface area contributed by atoms with E-state index >= 15 is 0 Å². The van der Waals surface area contributed by atoms with Gasteiger partial charge in [-0.15, -0.1) is 0 Å². The molecule has 1 saturated carbocycles. The minimum absolute atomic E-state index is 0.256. The molecule has 0 heterocycles. The van der Waals surface area contributed by atoms with Gasteiger partial charge in [0.1, 0.15) is 0 Å². The normalized spacial score (nSPS) is 20.2. The van der Waals surface area contributed by atoms with E-state index < -0.39 is 9.84 Å². The largest absolute Gasteiger partial charge is 0.315 e. The smallest absolute Gasteiger partial charge is 0.151 e. The highest BCUT2D eigenvalue weighted by molar-refractivity contribution is 7.91. The van der Waals surface area contributed by atoms with Crippen LogP contribution in [0.25, 0.3) is 0 Å². The minimum Gasteiger partial charge on any atom is -0.315 e. The molecule has 0 radical (unpaired) electrons. The summed E-state index contributed by atoms with van der Waals surface area (Å²) in [6, 6.07) is 0. The Labute approximate surface area is 80.8 Å². The van der Waals surface area contributed by atoms with Gasteiger partial charge in [0.25, 0.3) is 0 Å². The highest BCUT2D eigenvalue weighted by Gasteiger charge is 2.36. The van der Waals surface area contributed by atoms with E-state index in [1.807, 2.05) is 0 Å². The number of nitrogens with one attached hydrogen (secondary N) is 1. The molecule has 1 N–H and O–H groups in total. The molecule has 3 nitrogen and oxygen atoms in total. The van der Waals surface area contributed by atoms with E-state index in [-0.39, 0.29) is 11.5 Å². The first-order valence-corrected chi connectivity index (χ1v) is 6.71. The summed E-state index contributed by atoms with van der Waals surface area (Å²) >= 11 is 0. The van der Waals surface area contributed by atoms with Crippen LogP contribution in [0, 0.1) is 5.41 Å². The predicted molar refractivity (Wildman–Crippen MR) is 54.5 cm³/mol. The maximum Gasteiger partial charge on any atom is 0.151 e. The van der Waals surface area contributed by atoms with Crippen molar-refractivity contribution < 1.29 is 8.42 Å². The second-order valence-corrected chi connectivity index (χ2v) is 6.70. The topological polar surface area (TPSA) is 46.2 Å². The van der Waals surface area contributed by atoms with Gasteiger partial charge >= 0.3 is 0 Å². The van der Waals surface area contributed by atoms with Gasteiger partial charge in [-0.2, -0.15) is 0 Å². The van der Waals surface area contributed by atoms with Gasteiger partial charge in [-0.1, -0.05) is 13.8 Å². The predicted octanol–water partition coefficient (Wildman–Crippen LogP) is 0.811. The Hall–Kier alpha value is -0.0900. The van der Waals surface area contributed by atoms with Crippen molar-refractivity contribution in [3.63, 3.8) is 0 Å². The lowest BCUT2D eigenvalue weighted by Crippen LogP contribution is -2.28. The minimum atomic E-state index is -2.78. The van der Waals surface area contributed by atoms with Crippen LogP contribution >= 0.6 is 0 Å². The van der Waals surface area contributed by atoms with Gasteiger partial charge in [0.15, 0.2) is 9.84 Å². The van der Waals surface area contributed by atoms with Crippen LogP contribution in [0.4, 0.5) is 0 Å². The van der Waals surface area contributed by atoms with Crippen LogP contribution in [0.15, 0.2) is 0 Å². The summed E-state index contributed by atoms with van der Waals surface area (Å²) in [4.78, 5) is 0. The second-order valence-electron chi connectivity index (χ2n) is 4.22. The van der Waals surface area contributed by atoms with Crippen LogP contribution in [-0.4, -0.2) is 33.0 Å². The molecular formula is C9H19NO2S. The van der Waals surface area contributed by atoms with E-state index in [0.717, 1.165) is 6.54 Å². The first-order chi connectivity index (χ1) is 5.97. The average Bonchev–Trinajstić information content (AvgIpc) is 2.79. The third-order valence-corrected chi connectivity index (χ3v) is 4.39. The van der Waals surface area contributed by atoms with Gasteiger partial charge in [-0.05, 0) is 18.3 Å². The molecule has 0 atom stereocenters. The van der Waals surface area contributed by atoms with Gasteiger partial charge in [-0.25, -0.2) is 8.42 Å². The fraction of sp³-hybridized carbons (Fsp3) is 1.00. The zero-order chi connectivity index (χ0) is 9.95. The van der Waals surface area contributed by atoms with Crippen molar-refractivity contribution in [1.29, 1.82) is 0 Å². The van der Waals surface area contributed by atoms with Gasteiger partial charge < -0.3 is 5.32 Å². The molecule has 0 spiro atoms. The quantitative estimate of drug-likeness (QED) is 0.653. The number of hydrogen-bond acceptors (Lipinski definition) is 3. The Morgan fingerprint density at radius 3 is 2.46 bits per heavy atom. The Morgan fingerprint density at radius 1 is 1.38 bits per heavy atom. The molecule has 0 aromatic heterocycles. The van der Waals surface area contributed by atoms with Crippen molar-refractivity contribution in [3.05, 3.63) is 0 Å². The lowest BCUT2D eigenvalue weighted by atomic mass is 10.1. The van der Waals surface area contributed by atoms with Crippen molar-refractivity contribution in [3.8, 4) is 0 Å². The van der Waals surface area contributed by atoms with Crippen molar-refractivity contribution in [2.45, 2.75) is 26.7 Å². The molecule has 0 bridgehead atoms. The fourth-order valence-electron chi connectivity index (χ4n) is 1.15. The zero-order valence-corrected chi connectivity index (χ0v) is 9.28. The lowest BCUT2D eigenvalue weighted by Gasteiger charge is -2.09. The molecule has 0 aromatic rings. The number of hydrogen-bond donors (Lipinski definition) is 1. The van der Waals surface area contributed by atoms with Gasteiger partial charge in [0, 0.05) is 18.8 Å². The number of rotatable bonds is 6. The van der Waals surface area contributed by atoms with Crippen molar-refractivity contribution >= 4 is 9.84 Å². The Morgan fingerprint density at radius 2 is 2.00 bits per heavy atom. The van der Waals surface area contributed by atoms with Crippen molar-refractivity contribution in [2.24, 2.45) is 5.41 Å². The zero-order valence-electron chi connectivity index (χ0n) is 8.47. The van der Waals surface area contributed by atoms with Gasteiger partial charge in [0.2, 0.25) is 0 Å². The Kier molecular flexibility index (Phi) is 3.35. The van der Waals surface area contributed by atoms with E-state index in [4.69, 9.17) is 0 Å². The van der Waals surface area contributed by atoms with Crippen LogP contribution < -0.4 is 5.32 Å². The standard InChI is InChI=1S/C9H19NO2S/c1-3-13(11,12)7-6-10-8-9(2)4-5-9/h10H,3-8H2,1-2H3. The van der Waals surface area contributed by atoms with Crippen LogP contribution in [0.1, 0.15) is 26.7 Å². The molecule has 4 heteroatoms. The summed E-state index contributed by atoms with van der Waals surface area (Å²) in [6.45, 7) is 5.49. The molecule has 0 amide bonds. The van der Waals surface area contributed by atoms with Crippen LogP contribution in [0.5, 0.6) is 0 Å². The summed E-state index contributed by atoms with van der Waals surface area (Å²) in [5.74, 6) is 0.533. The number of sulfone groups is 1. The molecule has 0 unspecified atom stereocenters. The lowest BCUT2D eigenvalue weighted by molar-refractivity contribution is 0.508. The van der Waals surface area contributed by atoms with Gasteiger partial charge in [-0.3, -0.25) is 0 Å². The third-order valence-electron chi connectivity index (χ3n) is 2.68. The molecule has 78 valence electrons. The molecule has 0 aromatic carbocycles. The Bertz CT molecular complexity index is 255. The van der Waals surface area contributed by atoms with Gasteiger partial charge in [0.05, 0.1) is 5.75 Å². The maximum absolute atomic E-state index is 11.1. The monoisotopic (exact) mass is 205 g/mol. The molecule has 0 aliphatic heterocycles. The van der Waals surface area contributed by atoms with Crippen molar-refractivity contribution in [2.75, 3.05) is 24.6 Å². The van der Waals surface area contributed by atoms with Crippen molar-refractivity contribution in [1.82, 2.24) is 5.32 Å². The molecule has 1 aliphatic carbocycles. The summed E-state index contributed by atoms with van der Waals surface area (Å²) in [7, 11) is -2.78. The van der Waals surface area contributed by atoms with E-state index in [1.165, 1.54) is 12.8 Å². The molecule has 1 aliphatic rings. The summed E-state index contributed by atoms with van der Waals surface area (Å²) < 4.78 is 22.2. The van der Waals surface area contributed by atoms with E-state index in [9.17, 15) is 8.42 Å². The second kappa shape index (κ2) is 3.96. The van der Waals surface area contributed by atoms with E-state index in [0.29, 0.717) is 12.0 Å². The molecule has 0 saturated heterocycles. The van der Waals surface area contributed by atoms with Crippen LogP contribution in [-0.2, 0) is 9.84 Å². The average molecular weight is 205 g/mol. The molecular weight excluding hydrogens is 186 g/mol. The summed E-state index contributed by atoms with van der Waals surface area (Å²) in [5.41, 5.74) is 0.468. The first-order valence-electron chi connectivity index (χ1n) is 4.89. The maximum atomic E-state index is 11.1. The third kappa shape index (κ3) is 4.09. The highest BCUT2D eigenvalue weighted by Crippen LogP contribution is 2.43. The Balaban J connectivity index is 2.07. The van der Waals surface area contributed by atoms with E-state index in [1.54, 1.807) is 6.92 Å². The molecule has 1 rings (SSSR count). The highest BCUT2D eigenvalue weighted by atomic mass is 32.2. The van der Waals surface area contributed by atoms with Crippen LogP contribution in [0.3, 0.4) is 0 Å². The fourth-order valence-corrected chi connectivity index (χ4v) is 1.90. The van der Waals surface area contributed by atoms with Crippen LogP contribution in [0.2, 0.25) is 0 Å². The molecule has 1 fully saturated rings.